The van der Waals surface area contributed by atoms with Gasteiger partial charge in [-0.15, -0.1) is 0 Å². The van der Waals surface area contributed by atoms with Crippen LogP contribution in [0.25, 0.3) is 16.8 Å². The van der Waals surface area contributed by atoms with Crippen LogP contribution >= 0.6 is 0 Å². The van der Waals surface area contributed by atoms with Gasteiger partial charge in [-0.05, 0) is 10.9 Å². The number of aromatic nitrogens is 1. The van der Waals surface area contributed by atoms with Crippen LogP contribution < -0.4 is 0 Å². The van der Waals surface area contributed by atoms with Crippen molar-refractivity contribution in [3.8, 4) is 0 Å². The fraction of sp³-hybridized carbons (Fsp3) is 0.353. The molecule has 2 aromatic rings. The molecule has 1 aromatic carbocycles. The molecule has 0 aliphatic heterocycles. The second-order valence-corrected chi connectivity index (χ2v) is 10.4. The highest BCUT2D eigenvalue weighted by Gasteiger charge is 2.22. The van der Waals surface area contributed by atoms with Crippen LogP contribution in [0.2, 0.25) is 18.1 Å². The smallest absolute Gasteiger partial charge is 0.0770 e. The molecule has 0 atom stereocenters. The third-order valence-electron chi connectivity index (χ3n) is 4.43. The number of benzene rings is 1. The van der Waals surface area contributed by atoms with Crippen molar-refractivity contribution in [3.63, 3.8) is 0 Å². The van der Waals surface area contributed by atoms with E-state index in [-0.39, 0.29) is 0 Å². The van der Waals surface area contributed by atoms with Crippen molar-refractivity contribution >= 4 is 24.9 Å². The van der Waals surface area contributed by atoms with Crippen molar-refractivity contribution in [1.82, 2.24) is 4.98 Å². The molecule has 2 rings (SSSR count). The summed E-state index contributed by atoms with van der Waals surface area (Å²) in [7, 11) is -1.20. The van der Waals surface area contributed by atoms with E-state index in [0.29, 0.717) is 0 Å². The Bertz CT molecular complexity index is 557. The summed E-state index contributed by atoms with van der Waals surface area (Å²) in [4.78, 5) is 4.36. The molecule has 100 valence electrons. The van der Waals surface area contributed by atoms with Gasteiger partial charge in [-0.25, -0.2) is 0 Å². The van der Waals surface area contributed by atoms with Gasteiger partial charge in [-0.1, -0.05) is 74.9 Å². The Morgan fingerprint density at radius 1 is 1.00 bits per heavy atom. The zero-order chi connectivity index (χ0) is 13.7. The third-order valence-corrected chi connectivity index (χ3v) is 9.53. The summed E-state index contributed by atoms with van der Waals surface area (Å²) in [5.41, 5.74) is 3.78. The van der Waals surface area contributed by atoms with E-state index in [1.165, 1.54) is 34.5 Å². The maximum absolute atomic E-state index is 4.36. The van der Waals surface area contributed by atoms with Crippen molar-refractivity contribution < 1.29 is 0 Å². The summed E-state index contributed by atoms with van der Waals surface area (Å²) >= 11 is 0. The van der Waals surface area contributed by atoms with Gasteiger partial charge in [0.15, 0.2) is 0 Å². The van der Waals surface area contributed by atoms with Crippen LogP contribution in [-0.4, -0.2) is 13.1 Å². The zero-order valence-electron chi connectivity index (χ0n) is 12.2. The van der Waals surface area contributed by atoms with Crippen molar-refractivity contribution in [2.45, 2.75) is 38.9 Å². The van der Waals surface area contributed by atoms with Crippen LogP contribution in [0.15, 0.2) is 42.4 Å². The molecule has 0 saturated heterocycles. The predicted octanol–water partition coefficient (Wildman–Crippen LogP) is 5.30. The number of nitrogens with zero attached hydrogens (tertiary/aromatic N) is 1. The summed E-state index contributed by atoms with van der Waals surface area (Å²) in [5, 5.41) is 2.53. The van der Waals surface area contributed by atoms with Gasteiger partial charge in [0.05, 0.1) is 8.07 Å². The third kappa shape index (κ3) is 2.95. The second-order valence-electron chi connectivity index (χ2n) is 5.21. The molecule has 19 heavy (non-hydrogen) atoms. The average molecular weight is 269 g/mol. The van der Waals surface area contributed by atoms with Gasteiger partial charge in [0.2, 0.25) is 0 Å². The van der Waals surface area contributed by atoms with Gasteiger partial charge in [0, 0.05) is 17.8 Å². The molecule has 0 N–H and O–H groups in total. The summed E-state index contributed by atoms with van der Waals surface area (Å²) in [6, 6.07) is 12.5. The normalized spacial score (nSPS) is 12.4. The van der Waals surface area contributed by atoms with E-state index < -0.39 is 8.07 Å². The summed E-state index contributed by atoms with van der Waals surface area (Å²) in [6.07, 6.45) is 6.24. The lowest BCUT2D eigenvalue weighted by Gasteiger charge is -2.23. The average Bonchev–Trinajstić information content (AvgIpc) is 2.49. The Kier molecular flexibility index (Phi) is 4.54. The number of pyridine rings is 1. The Balaban J connectivity index is 2.40. The molecular formula is C17H23NSi. The monoisotopic (exact) mass is 269 g/mol. The van der Waals surface area contributed by atoms with Crippen molar-refractivity contribution in [3.05, 3.63) is 47.9 Å². The molecule has 0 bridgehead atoms. The van der Waals surface area contributed by atoms with E-state index >= 15 is 0 Å². The minimum atomic E-state index is -1.20. The first-order valence-electron chi connectivity index (χ1n) is 7.26. The molecule has 0 radical (unpaired) electrons. The van der Waals surface area contributed by atoms with Crippen molar-refractivity contribution in [2.75, 3.05) is 0 Å². The van der Waals surface area contributed by atoms with Crippen LogP contribution in [0.1, 0.15) is 26.3 Å². The van der Waals surface area contributed by atoms with E-state index in [4.69, 9.17) is 0 Å². The Morgan fingerprint density at radius 2 is 1.68 bits per heavy atom. The molecule has 1 aromatic heterocycles. The number of fused-ring (bicyclic) bond motifs is 1. The van der Waals surface area contributed by atoms with E-state index in [9.17, 15) is 0 Å². The number of rotatable bonds is 5. The molecule has 0 spiro atoms. The van der Waals surface area contributed by atoms with Gasteiger partial charge in [-0.3, -0.25) is 4.98 Å². The standard InChI is InChI=1S/C17H23NSi/c1-4-19(5-2,6-3)12-11-16-14-18-13-15-9-7-8-10-17(15)16/h7-14H,4-6H2,1-3H3/b12-11+. The summed E-state index contributed by atoms with van der Waals surface area (Å²) in [5.74, 6) is 0. The van der Waals surface area contributed by atoms with E-state index in [1.807, 2.05) is 12.4 Å². The second kappa shape index (κ2) is 6.16. The van der Waals surface area contributed by atoms with Gasteiger partial charge in [-0.2, -0.15) is 0 Å². The summed E-state index contributed by atoms with van der Waals surface area (Å²) in [6.45, 7) is 7.01. The Morgan fingerprint density at radius 3 is 2.37 bits per heavy atom. The highest BCUT2D eigenvalue weighted by Crippen LogP contribution is 2.24. The molecule has 0 fully saturated rings. The first-order valence-corrected chi connectivity index (χ1v) is 9.96. The molecule has 1 nitrogen and oxygen atoms in total. The molecule has 1 heterocycles. The van der Waals surface area contributed by atoms with E-state index in [0.717, 1.165) is 0 Å². The van der Waals surface area contributed by atoms with E-state index in [2.05, 4.69) is 61.8 Å². The van der Waals surface area contributed by atoms with Crippen LogP contribution in [0.5, 0.6) is 0 Å². The highest BCUT2D eigenvalue weighted by atomic mass is 28.3. The van der Waals surface area contributed by atoms with Crippen LogP contribution in [0.4, 0.5) is 0 Å². The van der Waals surface area contributed by atoms with Crippen molar-refractivity contribution in [1.29, 1.82) is 0 Å². The topological polar surface area (TPSA) is 12.9 Å². The van der Waals surface area contributed by atoms with Gasteiger partial charge >= 0.3 is 0 Å². The maximum atomic E-state index is 4.36. The number of hydrogen-bond acceptors (Lipinski definition) is 1. The molecule has 0 amide bonds. The molecule has 0 aliphatic rings. The van der Waals surface area contributed by atoms with Crippen LogP contribution in [0, 0.1) is 0 Å². The zero-order valence-corrected chi connectivity index (χ0v) is 13.2. The predicted molar refractivity (Wildman–Crippen MR) is 88.0 cm³/mol. The fourth-order valence-electron chi connectivity index (χ4n) is 2.64. The molecular weight excluding hydrogens is 246 g/mol. The quantitative estimate of drug-likeness (QED) is 0.672. The first kappa shape index (κ1) is 14.0. The molecule has 0 unspecified atom stereocenters. The number of hydrogen-bond donors (Lipinski definition) is 0. The van der Waals surface area contributed by atoms with E-state index in [1.54, 1.807) is 0 Å². The van der Waals surface area contributed by atoms with Crippen LogP contribution in [0.3, 0.4) is 0 Å². The first-order chi connectivity index (χ1) is 9.24. The Hall–Kier alpha value is -1.41. The lowest BCUT2D eigenvalue weighted by atomic mass is 10.1. The Labute approximate surface area is 117 Å². The highest BCUT2D eigenvalue weighted by molar-refractivity contribution is 6.84. The minimum Gasteiger partial charge on any atom is -0.263 e. The lowest BCUT2D eigenvalue weighted by Crippen LogP contribution is -2.28. The molecule has 0 aliphatic carbocycles. The fourth-order valence-corrected chi connectivity index (χ4v) is 5.38. The SMILES string of the molecule is CC[Si](/C=C/c1cncc2ccccc12)(CC)CC. The van der Waals surface area contributed by atoms with Gasteiger partial charge in [0.1, 0.15) is 0 Å². The van der Waals surface area contributed by atoms with Gasteiger partial charge in [0.25, 0.3) is 0 Å². The van der Waals surface area contributed by atoms with Crippen LogP contribution in [-0.2, 0) is 0 Å². The van der Waals surface area contributed by atoms with Gasteiger partial charge < -0.3 is 0 Å². The van der Waals surface area contributed by atoms with Crippen molar-refractivity contribution in [2.24, 2.45) is 0 Å². The maximum Gasteiger partial charge on any atom is 0.0770 e. The largest absolute Gasteiger partial charge is 0.263 e. The molecule has 0 saturated carbocycles. The molecule has 2 heteroatoms. The summed E-state index contributed by atoms with van der Waals surface area (Å²) < 4.78 is 0. The lowest BCUT2D eigenvalue weighted by molar-refractivity contribution is 1.20. The minimum absolute atomic E-state index is 1.20.